The van der Waals surface area contributed by atoms with Crippen LogP contribution in [-0.4, -0.2) is 11.8 Å². The highest BCUT2D eigenvalue weighted by Gasteiger charge is 2.06. The maximum Gasteiger partial charge on any atom is 0.250 e. The molecule has 0 radical (unpaired) electrons. The molecule has 0 saturated carbocycles. The number of imide groups is 1. The summed E-state index contributed by atoms with van der Waals surface area (Å²) in [7, 11) is 0. The summed E-state index contributed by atoms with van der Waals surface area (Å²) in [6.07, 6.45) is 2.39. The van der Waals surface area contributed by atoms with E-state index in [1.165, 1.54) is 12.2 Å². The number of hydrogen-bond acceptors (Lipinski definition) is 2. The zero-order chi connectivity index (χ0) is 5.28. The molecule has 0 aromatic carbocycles. The van der Waals surface area contributed by atoms with Gasteiger partial charge in [0.2, 0.25) is 0 Å². The number of carbonyl (C=O) groups is 2. The van der Waals surface area contributed by atoms with E-state index in [-0.39, 0.29) is 24.2 Å². The van der Waals surface area contributed by atoms with Crippen LogP contribution < -0.4 is 5.32 Å². The molecular formula is C4H4ClNO2. The van der Waals surface area contributed by atoms with Crippen molar-refractivity contribution in [2.75, 3.05) is 0 Å². The molecule has 0 spiro atoms. The van der Waals surface area contributed by atoms with Crippen molar-refractivity contribution >= 4 is 24.2 Å². The molecule has 1 rings (SSSR count). The summed E-state index contributed by atoms with van der Waals surface area (Å²) in [5.74, 6) is -0.657. The molecular weight excluding hydrogens is 130 g/mol. The lowest BCUT2D eigenvalue weighted by Gasteiger charge is -1.80. The highest BCUT2D eigenvalue weighted by Crippen LogP contribution is 1.82. The van der Waals surface area contributed by atoms with Gasteiger partial charge < -0.3 is 0 Å². The van der Waals surface area contributed by atoms with E-state index in [9.17, 15) is 9.59 Å². The SMILES string of the molecule is Cl.O=C1C=CC(=O)N1. The van der Waals surface area contributed by atoms with Crippen molar-refractivity contribution in [3.05, 3.63) is 12.2 Å². The van der Waals surface area contributed by atoms with Gasteiger partial charge in [-0.05, 0) is 0 Å². The monoisotopic (exact) mass is 133 g/mol. The van der Waals surface area contributed by atoms with Crippen molar-refractivity contribution in [3.63, 3.8) is 0 Å². The summed E-state index contributed by atoms with van der Waals surface area (Å²) in [5, 5.41) is 2.03. The van der Waals surface area contributed by atoms with Crippen molar-refractivity contribution in [3.8, 4) is 0 Å². The van der Waals surface area contributed by atoms with Crippen LogP contribution in [0.1, 0.15) is 0 Å². The van der Waals surface area contributed by atoms with Crippen LogP contribution in [0.2, 0.25) is 0 Å². The second-order valence-corrected chi connectivity index (χ2v) is 1.19. The number of rotatable bonds is 0. The van der Waals surface area contributed by atoms with Crippen molar-refractivity contribution in [2.45, 2.75) is 0 Å². The van der Waals surface area contributed by atoms with Gasteiger partial charge in [-0.15, -0.1) is 12.4 Å². The fraction of sp³-hybridized carbons (Fsp3) is 0. The minimum Gasteiger partial charge on any atom is -0.289 e. The molecule has 0 aromatic rings. The molecule has 3 nitrogen and oxygen atoms in total. The van der Waals surface area contributed by atoms with E-state index in [4.69, 9.17) is 0 Å². The number of carbonyl (C=O) groups excluding carboxylic acids is 2. The predicted octanol–water partition coefficient (Wildman–Crippen LogP) is -0.379. The molecule has 1 N–H and O–H groups in total. The Kier molecular flexibility index (Phi) is 2.21. The Bertz CT molecular complexity index is 136. The molecule has 1 heterocycles. The van der Waals surface area contributed by atoms with Gasteiger partial charge in [-0.1, -0.05) is 0 Å². The van der Waals surface area contributed by atoms with E-state index in [1.807, 2.05) is 5.32 Å². The van der Waals surface area contributed by atoms with Crippen LogP contribution in [-0.2, 0) is 9.59 Å². The largest absolute Gasteiger partial charge is 0.289 e. The molecule has 2 amide bonds. The molecule has 0 bridgehead atoms. The standard InChI is InChI=1S/C4H3NO2.ClH/c6-3-1-2-4(7)5-3;/h1-2H,(H,5,6,7);1H. The zero-order valence-corrected chi connectivity index (χ0v) is 4.70. The molecule has 0 fully saturated rings. The summed E-state index contributed by atoms with van der Waals surface area (Å²) < 4.78 is 0. The van der Waals surface area contributed by atoms with Gasteiger partial charge >= 0.3 is 0 Å². The van der Waals surface area contributed by atoms with E-state index in [2.05, 4.69) is 0 Å². The average molecular weight is 134 g/mol. The predicted molar refractivity (Wildman–Crippen MR) is 29.5 cm³/mol. The van der Waals surface area contributed by atoms with Gasteiger partial charge in [-0.2, -0.15) is 0 Å². The second-order valence-electron chi connectivity index (χ2n) is 1.19. The van der Waals surface area contributed by atoms with Gasteiger partial charge in [0.25, 0.3) is 11.8 Å². The Labute approximate surface area is 52.2 Å². The maximum absolute atomic E-state index is 10.0. The van der Waals surface area contributed by atoms with Gasteiger partial charge in [0.05, 0.1) is 0 Å². The summed E-state index contributed by atoms with van der Waals surface area (Å²) in [6.45, 7) is 0. The summed E-state index contributed by atoms with van der Waals surface area (Å²) in [6, 6.07) is 0. The Hall–Kier alpha value is -0.830. The van der Waals surface area contributed by atoms with Crippen LogP contribution in [0.15, 0.2) is 12.2 Å². The van der Waals surface area contributed by atoms with Crippen molar-refractivity contribution in [1.29, 1.82) is 0 Å². The quantitative estimate of drug-likeness (QED) is 0.458. The smallest absolute Gasteiger partial charge is 0.250 e. The zero-order valence-electron chi connectivity index (χ0n) is 3.88. The average Bonchev–Trinajstić information content (AvgIpc) is 1.87. The molecule has 0 aliphatic carbocycles. The third kappa shape index (κ3) is 1.35. The van der Waals surface area contributed by atoms with Crippen LogP contribution in [0, 0.1) is 0 Å². The Morgan fingerprint density at radius 2 is 1.50 bits per heavy atom. The Morgan fingerprint density at radius 1 is 1.12 bits per heavy atom. The molecule has 0 unspecified atom stereocenters. The fourth-order valence-electron chi connectivity index (χ4n) is 0.356. The first kappa shape index (κ1) is 7.17. The normalized spacial score (nSPS) is 15.5. The lowest BCUT2D eigenvalue weighted by atomic mass is 10.6. The van der Waals surface area contributed by atoms with Gasteiger partial charge in [0, 0.05) is 12.2 Å². The second kappa shape index (κ2) is 2.47. The lowest BCUT2D eigenvalue weighted by molar-refractivity contribution is -0.123. The molecule has 8 heavy (non-hydrogen) atoms. The maximum atomic E-state index is 10.0. The minimum absolute atomic E-state index is 0. The number of halogens is 1. The van der Waals surface area contributed by atoms with Crippen molar-refractivity contribution < 1.29 is 9.59 Å². The summed E-state index contributed by atoms with van der Waals surface area (Å²) in [4.78, 5) is 20.1. The van der Waals surface area contributed by atoms with E-state index < -0.39 is 0 Å². The van der Waals surface area contributed by atoms with Crippen LogP contribution in [0.25, 0.3) is 0 Å². The first-order valence-electron chi connectivity index (χ1n) is 1.82. The topological polar surface area (TPSA) is 46.2 Å². The Morgan fingerprint density at radius 3 is 1.62 bits per heavy atom. The van der Waals surface area contributed by atoms with Crippen LogP contribution >= 0.6 is 12.4 Å². The molecule has 0 aromatic heterocycles. The first-order valence-corrected chi connectivity index (χ1v) is 1.82. The van der Waals surface area contributed by atoms with Crippen LogP contribution in [0.3, 0.4) is 0 Å². The minimum atomic E-state index is -0.329. The number of amides is 2. The first-order chi connectivity index (χ1) is 3.29. The molecule has 0 atom stereocenters. The molecule has 0 saturated heterocycles. The van der Waals surface area contributed by atoms with E-state index >= 15 is 0 Å². The molecule has 4 heteroatoms. The third-order valence-electron chi connectivity index (χ3n) is 0.632. The highest BCUT2D eigenvalue weighted by molar-refractivity contribution is 6.12. The van der Waals surface area contributed by atoms with Gasteiger partial charge in [0.15, 0.2) is 0 Å². The van der Waals surface area contributed by atoms with E-state index in [1.54, 1.807) is 0 Å². The van der Waals surface area contributed by atoms with Gasteiger partial charge in [-0.3, -0.25) is 14.9 Å². The van der Waals surface area contributed by atoms with Crippen LogP contribution in [0.5, 0.6) is 0 Å². The fourth-order valence-corrected chi connectivity index (χ4v) is 0.356. The van der Waals surface area contributed by atoms with Crippen molar-refractivity contribution in [2.24, 2.45) is 0 Å². The summed E-state index contributed by atoms with van der Waals surface area (Å²) in [5.41, 5.74) is 0. The van der Waals surface area contributed by atoms with Gasteiger partial charge in [-0.25, -0.2) is 0 Å². The van der Waals surface area contributed by atoms with E-state index in [0.717, 1.165) is 0 Å². The Balaban J connectivity index is 0.000000490. The molecule has 1 aliphatic heterocycles. The summed E-state index contributed by atoms with van der Waals surface area (Å²) >= 11 is 0. The van der Waals surface area contributed by atoms with Crippen molar-refractivity contribution in [1.82, 2.24) is 5.32 Å². The van der Waals surface area contributed by atoms with E-state index in [0.29, 0.717) is 0 Å². The number of nitrogens with one attached hydrogen (secondary N) is 1. The molecule has 44 valence electrons. The highest BCUT2D eigenvalue weighted by atomic mass is 35.5. The lowest BCUT2D eigenvalue weighted by Crippen LogP contribution is -2.19. The third-order valence-corrected chi connectivity index (χ3v) is 0.632. The van der Waals surface area contributed by atoms with Crippen LogP contribution in [0.4, 0.5) is 0 Å². The molecule has 1 aliphatic rings. The number of hydrogen-bond donors (Lipinski definition) is 1. The van der Waals surface area contributed by atoms with Gasteiger partial charge in [0.1, 0.15) is 0 Å².